The number of ether oxygens (including phenoxy) is 1. The van der Waals surface area contributed by atoms with E-state index in [1.165, 1.54) is 11.3 Å². The van der Waals surface area contributed by atoms with Gasteiger partial charge in [-0.1, -0.05) is 0 Å². The Bertz CT molecular complexity index is 861. The van der Waals surface area contributed by atoms with Crippen LogP contribution in [0.15, 0.2) is 4.79 Å². The average molecular weight is 363 g/mol. The first-order chi connectivity index (χ1) is 11.8. The van der Waals surface area contributed by atoms with Crippen LogP contribution in [0.25, 0.3) is 10.2 Å². The molecule has 136 valence electrons. The van der Waals surface area contributed by atoms with Gasteiger partial charge in [-0.15, -0.1) is 11.3 Å². The van der Waals surface area contributed by atoms with Crippen molar-refractivity contribution in [3.05, 3.63) is 26.6 Å². The molecule has 2 aromatic rings. The van der Waals surface area contributed by atoms with Crippen molar-refractivity contribution >= 4 is 27.5 Å². The summed E-state index contributed by atoms with van der Waals surface area (Å²) in [7, 11) is 2.10. The number of aromatic nitrogens is 2. The van der Waals surface area contributed by atoms with E-state index >= 15 is 0 Å². The van der Waals surface area contributed by atoms with Crippen LogP contribution in [0.1, 0.15) is 53.8 Å². The van der Waals surface area contributed by atoms with Crippen LogP contribution in [0.4, 0.5) is 0 Å². The number of carbonyl (C=O) groups is 1. The minimum Gasteiger partial charge on any atom is -0.459 e. The molecule has 0 bridgehead atoms. The lowest BCUT2D eigenvalue weighted by Crippen LogP contribution is -2.36. The Hall–Kier alpha value is -1.73. The fourth-order valence-electron chi connectivity index (χ4n) is 3.44. The van der Waals surface area contributed by atoms with Gasteiger partial charge in [0.1, 0.15) is 15.5 Å². The Morgan fingerprint density at radius 1 is 1.28 bits per heavy atom. The van der Waals surface area contributed by atoms with Crippen LogP contribution in [-0.4, -0.2) is 46.7 Å². The molecule has 0 radical (unpaired) electrons. The molecule has 1 aliphatic heterocycles. The Balaban J connectivity index is 2.08. The summed E-state index contributed by atoms with van der Waals surface area (Å²) >= 11 is 1.25. The first-order valence-corrected chi connectivity index (χ1v) is 9.53. The van der Waals surface area contributed by atoms with Crippen molar-refractivity contribution in [2.75, 3.05) is 20.1 Å². The molecule has 3 rings (SSSR count). The van der Waals surface area contributed by atoms with Crippen molar-refractivity contribution in [3.8, 4) is 0 Å². The van der Waals surface area contributed by atoms with Gasteiger partial charge >= 0.3 is 5.97 Å². The zero-order chi connectivity index (χ0) is 18.3. The van der Waals surface area contributed by atoms with E-state index < -0.39 is 0 Å². The molecule has 0 amide bonds. The molecule has 0 spiro atoms. The van der Waals surface area contributed by atoms with Crippen LogP contribution in [0.2, 0.25) is 0 Å². The maximum atomic E-state index is 13.2. The molecule has 0 saturated carbocycles. The number of likely N-dealkylation sites (tertiary alicyclic amines) is 1. The molecular formula is C18H25N3O3S. The maximum Gasteiger partial charge on any atom is 0.348 e. The van der Waals surface area contributed by atoms with Crippen LogP contribution in [0.3, 0.4) is 0 Å². The van der Waals surface area contributed by atoms with Gasteiger partial charge in [0.15, 0.2) is 0 Å². The minimum absolute atomic E-state index is 0.0330. The third kappa shape index (κ3) is 3.35. The van der Waals surface area contributed by atoms with Crippen molar-refractivity contribution in [2.45, 2.75) is 52.7 Å². The smallest absolute Gasteiger partial charge is 0.348 e. The lowest BCUT2D eigenvalue weighted by Gasteiger charge is -2.30. The molecular weight excluding hydrogens is 338 g/mol. The molecule has 2 aromatic heterocycles. The minimum atomic E-state index is -0.376. The molecule has 1 fully saturated rings. The van der Waals surface area contributed by atoms with Crippen molar-refractivity contribution in [1.82, 2.24) is 14.5 Å². The fourth-order valence-corrected chi connectivity index (χ4v) is 4.54. The second kappa shape index (κ2) is 6.88. The highest BCUT2D eigenvalue weighted by molar-refractivity contribution is 7.20. The van der Waals surface area contributed by atoms with Crippen molar-refractivity contribution in [3.63, 3.8) is 0 Å². The molecule has 7 heteroatoms. The molecule has 6 nitrogen and oxygen atoms in total. The third-order valence-corrected chi connectivity index (χ3v) is 5.92. The summed E-state index contributed by atoms with van der Waals surface area (Å²) in [6, 6.07) is 0.172. The van der Waals surface area contributed by atoms with E-state index in [9.17, 15) is 9.59 Å². The molecule has 1 saturated heterocycles. The predicted octanol–water partition coefficient (Wildman–Crippen LogP) is 2.91. The Morgan fingerprint density at radius 3 is 2.52 bits per heavy atom. The molecule has 1 aliphatic rings. The lowest BCUT2D eigenvalue weighted by atomic mass is 10.0. The third-order valence-electron chi connectivity index (χ3n) is 4.75. The Kier molecular flexibility index (Phi) is 4.97. The second-order valence-electron chi connectivity index (χ2n) is 7.06. The van der Waals surface area contributed by atoms with Crippen LogP contribution < -0.4 is 5.56 Å². The molecule has 3 heterocycles. The summed E-state index contributed by atoms with van der Waals surface area (Å²) < 4.78 is 7.13. The van der Waals surface area contributed by atoms with Crippen molar-refractivity contribution in [1.29, 1.82) is 0 Å². The predicted molar refractivity (Wildman–Crippen MR) is 99.7 cm³/mol. The van der Waals surface area contributed by atoms with Crippen LogP contribution >= 0.6 is 11.3 Å². The normalized spacial score (nSPS) is 16.7. The number of rotatable bonds is 3. The topological polar surface area (TPSA) is 64.4 Å². The number of esters is 1. The van der Waals surface area contributed by atoms with Crippen LogP contribution in [0.5, 0.6) is 0 Å². The summed E-state index contributed by atoms with van der Waals surface area (Å²) in [5.74, 6) is 0.343. The van der Waals surface area contributed by atoms with E-state index in [4.69, 9.17) is 4.74 Å². The van der Waals surface area contributed by atoms with Gasteiger partial charge in [-0.2, -0.15) is 0 Å². The van der Waals surface area contributed by atoms with Gasteiger partial charge in [0.2, 0.25) is 0 Å². The van der Waals surface area contributed by atoms with E-state index in [2.05, 4.69) is 16.9 Å². The first kappa shape index (κ1) is 18.1. The summed E-state index contributed by atoms with van der Waals surface area (Å²) in [5, 5.41) is 0.560. The summed E-state index contributed by atoms with van der Waals surface area (Å²) in [6.07, 6.45) is 1.69. The number of hydrogen-bond donors (Lipinski definition) is 0. The van der Waals surface area contributed by atoms with E-state index in [0.29, 0.717) is 20.7 Å². The monoisotopic (exact) mass is 363 g/mol. The van der Waals surface area contributed by atoms with Gasteiger partial charge in [-0.05, 0) is 66.2 Å². The number of piperidine rings is 1. The number of nitrogens with zero attached hydrogens (tertiary/aromatic N) is 3. The average Bonchev–Trinajstić information content (AvgIpc) is 2.85. The van der Waals surface area contributed by atoms with E-state index in [1.807, 2.05) is 32.3 Å². The van der Waals surface area contributed by atoms with Crippen LogP contribution in [-0.2, 0) is 4.74 Å². The SMILES string of the molecule is Cc1c(C(=O)OC(C)C)sc2nc(C)n(C3CCN(C)CC3)c(=O)c12. The maximum absolute atomic E-state index is 13.2. The van der Waals surface area contributed by atoms with Crippen molar-refractivity contribution in [2.24, 2.45) is 0 Å². The zero-order valence-corrected chi connectivity index (χ0v) is 16.3. The fraction of sp³-hybridized carbons (Fsp3) is 0.611. The number of carbonyl (C=O) groups excluding carboxylic acids is 1. The van der Waals surface area contributed by atoms with E-state index in [0.717, 1.165) is 31.8 Å². The van der Waals surface area contributed by atoms with E-state index in [1.54, 1.807) is 0 Å². The second-order valence-corrected chi connectivity index (χ2v) is 8.06. The van der Waals surface area contributed by atoms with Gasteiger partial charge in [-0.25, -0.2) is 9.78 Å². The largest absolute Gasteiger partial charge is 0.459 e. The molecule has 0 unspecified atom stereocenters. The molecule has 0 N–H and O–H groups in total. The zero-order valence-electron chi connectivity index (χ0n) is 15.5. The standard InChI is InChI=1S/C18H25N3O3S/c1-10(2)24-18(23)15-11(3)14-16(25-15)19-12(4)21(17(14)22)13-6-8-20(5)9-7-13/h10,13H,6-9H2,1-5H3. The Morgan fingerprint density at radius 2 is 1.92 bits per heavy atom. The van der Waals surface area contributed by atoms with Crippen LogP contribution in [0, 0.1) is 13.8 Å². The number of hydrogen-bond acceptors (Lipinski definition) is 6. The summed E-state index contributed by atoms with van der Waals surface area (Å²) in [6.45, 7) is 9.27. The Labute approximate surface area is 151 Å². The lowest BCUT2D eigenvalue weighted by molar-refractivity contribution is 0.0383. The number of aryl methyl sites for hydroxylation is 2. The van der Waals surface area contributed by atoms with Gasteiger partial charge in [0.05, 0.1) is 11.5 Å². The molecule has 0 aromatic carbocycles. The quantitative estimate of drug-likeness (QED) is 0.785. The number of fused-ring (bicyclic) bond motifs is 1. The molecule has 0 atom stereocenters. The summed E-state index contributed by atoms with van der Waals surface area (Å²) in [4.78, 5) is 33.5. The van der Waals surface area contributed by atoms with Gasteiger partial charge < -0.3 is 9.64 Å². The number of thiophene rings is 1. The summed E-state index contributed by atoms with van der Waals surface area (Å²) in [5.41, 5.74) is 0.652. The van der Waals surface area contributed by atoms with Crippen molar-refractivity contribution < 1.29 is 9.53 Å². The van der Waals surface area contributed by atoms with E-state index in [-0.39, 0.29) is 23.7 Å². The highest BCUT2D eigenvalue weighted by Gasteiger charge is 2.26. The highest BCUT2D eigenvalue weighted by Crippen LogP contribution is 2.30. The first-order valence-electron chi connectivity index (χ1n) is 8.71. The van der Waals surface area contributed by atoms with Gasteiger partial charge in [0.25, 0.3) is 5.56 Å². The van der Waals surface area contributed by atoms with Gasteiger partial charge in [0, 0.05) is 6.04 Å². The van der Waals surface area contributed by atoms with Gasteiger partial charge in [-0.3, -0.25) is 9.36 Å². The highest BCUT2D eigenvalue weighted by atomic mass is 32.1. The molecule has 25 heavy (non-hydrogen) atoms. The molecule has 0 aliphatic carbocycles.